The van der Waals surface area contributed by atoms with E-state index in [9.17, 15) is 19.9 Å². The number of carbonyl (C=O) groups is 2. The Hall–Kier alpha value is -2.74. The number of carbonyl (C=O) groups excluding carboxylic acids is 1. The molecule has 4 rings (SSSR count). The average Bonchev–Trinajstić information content (AvgIpc) is 3.04. The van der Waals surface area contributed by atoms with E-state index >= 15 is 0 Å². The van der Waals surface area contributed by atoms with E-state index in [0.717, 1.165) is 27.3 Å². The molecule has 0 unspecified atom stereocenters. The minimum Gasteiger partial charge on any atom is -0.480 e. The van der Waals surface area contributed by atoms with Gasteiger partial charge in [0.15, 0.2) is 5.41 Å². The number of piperidine rings is 1. The third-order valence-electron chi connectivity index (χ3n) is 7.35. The number of hydroxylamine groups is 2. The zero-order valence-electron chi connectivity index (χ0n) is 18.8. The Morgan fingerprint density at radius 2 is 1.53 bits per heavy atom. The van der Waals surface area contributed by atoms with Crippen molar-refractivity contribution in [2.24, 2.45) is 11.1 Å². The second-order valence-corrected chi connectivity index (χ2v) is 9.93. The van der Waals surface area contributed by atoms with Gasteiger partial charge in [-0.3, -0.25) is 9.59 Å². The number of ether oxygens (including phenoxy) is 1. The zero-order valence-corrected chi connectivity index (χ0v) is 18.8. The summed E-state index contributed by atoms with van der Waals surface area (Å²) in [4.78, 5) is 26.1. The zero-order chi connectivity index (χ0) is 23.5. The molecule has 0 aromatic heterocycles. The van der Waals surface area contributed by atoms with Gasteiger partial charge < -0.3 is 20.8 Å². The molecule has 2 aliphatic rings. The molecule has 0 saturated carbocycles. The summed E-state index contributed by atoms with van der Waals surface area (Å²) < 4.78 is 5.73. The SMILES string of the molecule is CC1(C)C[C@@H](N)[C@@](C(=O)O)(C(=O)OCC2c3ccccc3-c3ccccc32)C(C)(C)N1O. The highest BCUT2D eigenvalue weighted by Crippen LogP contribution is 2.50. The van der Waals surface area contributed by atoms with E-state index in [2.05, 4.69) is 0 Å². The number of aliphatic carboxylic acids is 1. The van der Waals surface area contributed by atoms with E-state index < -0.39 is 34.5 Å². The summed E-state index contributed by atoms with van der Waals surface area (Å²) in [6, 6.07) is 14.8. The lowest BCUT2D eigenvalue weighted by Gasteiger charge is -2.58. The van der Waals surface area contributed by atoms with Crippen molar-refractivity contribution in [1.82, 2.24) is 5.06 Å². The maximum atomic E-state index is 13.5. The second kappa shape index (κ2) is 7.40. The van der Waals surface area contributed by atoms with Crippen LogP contribution >= 0.6 is 0 Å². The molecule has 1 fully saturated rings. The van der Waals surface area contributed by atoms with Crippen molar-refractivity contribution < 1.29 is 24.6 Å². The number of esters is 1. The van der Waals surface area contributed by atoms with Gasteiger partial charge >= 0.3 is 11.9 Å². The van der Waals surface area contributed by atoms with E-state index in [1.807, 2.05) is 48.5 Å². The largest absolute Gasteiger partial charge is 0.480 e. The summed E-state index contributed by atoms with van der Waals surface area (Å²) in [5.74, 6) is -2.54. The van der Waals surface area contributed by atoms with Crippen LogP contribution in [0.15, 0.2) is 48.5 Å². The molecule has 1 aliphatic carbocycles. The summed E-state index contributed by atoms with van der Waals surface area (Å²) in [6.07, 6.45) is 0.115. The van der Waals surface area contributed by atoms with Gasteiger partial charge in [0, 0.05) is 17.5 Å². The normalized spacial score (nSPS) is 26.2. The molecule has 1 saturated heterocycles. The topological polar surface area (TPSA) is 113 Å². The first-order valence-electron chi connectivity index (χ1n) is 10.8. The lowest BCUT2D eigenvalue weighted by molar-refractivity contribution is -0.284. The number of benzene rings is 2. The molecular weight excluding hydrogens is 408 g/mol. The minimum atomic E-state index is -2.13. The molecule has 1 heterocycles. The molecule has 2 aromatic rings. The first-order valence-corrected chi connectivity index (χ1v) is 10.8. The van der Waals surface area contributed by atoms with Crippen molar-refractivity contribution in [2.75, 3.05) is 6.61 Å². The number of carboxylic acids is 1. The molecule has 0 bridgehead atoms. The Morgan fingerprint density at radius 1 is 1.03 bits per heavy atom. The summed E-state index contributed by atoms with van der Waals surface area (Å²) in [5, 5.41) is 22.0. The number of rotatable bonds is 4. The average molecular weight is 439 g/mol. The van der Waals surface area contributed by atoms with Crippen molar-refractivity contribution in [3.05, 3.63) is 59.7 Å². The smallest absolute Gasteiger partial charge is 0.327 e. The molecule has 0 amide bonds. The molecule has 0 spiro atoms. The Morgan fingerprint density at radius 3 is 2.03 bits per heavy atom. The Balaban J connectivity index is 1.68. The number of hydrogen-bond acceptors (Lipinski definition) is 6. The van der Waals surface area contributed by atoms with Crippen LogP contribution in [0.1, 0.15) is 51.2 Å². The molecule has 170 valence electrons. The molecule has 0 radical (unpaired) electrons. The Kier molecular flexibility index (Phi) is 5.19. The van der Waals surface area contributed by atoms with Crippen LogP contribution in [-0.4, -0.2) is 51.0 Å². The number of nitrogens with zero attached hydrogens (tertiary/aromatic N) is 1. The fraction of sp³-hybridized carbons (Fsp3) is 0.440. The molecule has 2 atom stereocenters. The van der Waals surface area contributed by atoms with Crippen LogP contribution in [0.3, 0.4) is 0 Å². The van der Waals surface area contributed by atoms with Gasteiger partial charge in [0.05, 0.1) is 5.54 Å². The summed E-state index contributed by atoms with van der Waals surface area (Å²) in [6.45, 7) is 6.54. The van der Waals surface area contributed by atoms with Gasteiger partial charge in [0.1, 0.15) is 6.61 Å². The molecule has 7 nitrogen and oxygen atoms in total. The van der Waals surface area contributed by atoms with Gasteiger partial charge in [-0.1, -0.05) is 48.5 Å². The van der Waals surface area contributed by atoms with Crippen LogP contribution in [0.25, 0.3) is 11.1 Å². The van der Waals surface area contributed by atoms with Crippen LogP contribution in [0.5, 0.6) is 0 Å². The lowest BCUT2D eigenvalue weighted by Crippen LogP contribution is -2.77. The number of carboxylic acid groups (broad SMARTS) is 1. The molecule has 7 heteroatoms. The highest BCUT2D eigenvalue weighted by atomic mass is 16.5. The number of fused-ring (bicyclic) bond motifs is 3. The molecule has 1 aliphatic heterocycles. The number of nitrogens with two attached hydrogens (primary N) is 1. The van der Waals surface area contributed by atoms with Crippen molar-refractivity contribution in [1.29, 1.82) is 0 Å². The van der Waals surface area contributed by atoms with Crippen molar-refractivity contribution in [3.8, 4) is 11.1 Å². The van der Waals surface area contributed by atoms with Crippen molar-refractivity contribution in [2.45, 2.75) is 57.2 Å². The monoisotopic (exact) mass is 438 g/mol. The third kappa shape index (κ3) is 2.92. The van der Waals surface area contributed by atoms with Crippen LogP contribution < -0.4 is 5.73 Å². The van der Waals surface area contributed by atoms with Gasteiger partial charge in [-0.05, 0) is 56.4 Å². The standard InChI is InChI=1S/C25H30N2O5/c1-23(2)13-20(26)25(21(28)29,24(3,4)27(23)31)22(30)32-14-19-17-11-7-5-9-15(17)16-10-6-8-12-18(16)19/h5-12,19-20,31H,13-14,26H2,1-4H3,(H,28,29)/t20-,25-/m1/s1. The number of hydrogen-bond donors (Lipinski definition) is 3. The van der Waals surface area contributed by atoms with Crippen molar-refractivity contribution in [3.63, 3.8) is 0 Å². The Bertz CT molecular complexity index is 1030. The quantitative estimate of drug-likeness (QED) is 0.495. The molecule has 2 aromatic carbocycles. The minimum absolute atomic E-state index is 0.0144. The van der Waals surface area contributed by atoms with E-state index in [1.165, 1.54) is 13.8 Å². The van der Waals surface area contributed by atoms with Crippen molar-refractivity contribution >= 4 is 11.9 Å². The van der Waals surface area contributed by atoms with E-state index in [4.69, 9.17) is 10.5 Å². The van der Waals surface area contributed by atoms with Gasteiger partial charge in [0.25, 0.3) is 0 Å². The fourth-order valence-corrected chi connectivity index (χ4v) is 5.78. The van der Waals surface area contributed by atoms with Gasteiger partial charge in [-0.25, -0.2) is 0 Å². The first-order chi connectivity index (χ1) is 15.0. The molecule has 32 heavy (non-hydrogen) atoms. The maximum Gasteiger partial charge on any atom is 0.327 e. The third-order valence-corrected chi connectivity index (χ3v) is 7.35. The second-order valence-electron chi connectivity index (χ2n) is 9.93. The summed E-state index contributed by atoms with van der Waals surface area (Å²) >= 11 is 0. The maximum absolute atomic E-state index is 13.5. The van der Waals surface area contributed by atoms with Crippen LogP contribution in [0, 0.1) is 5.41 Å². The lowest BCUT2D eigenvalue weighted by atomic mass is 9.59. The van der Waals surface area contributed by atoms with Gasteiger partial charge in [0.2, 0.25) is 0 Å². The highest BCUT2D eigenvalue weighted by Gasteiger charge is 2.70. The first kappa shape index (κ1) is 22.5. The summed E-state index contributed by atoms with van der Waals surface area (Å²) in [7, 11) is 0. The van der Waals surface area contributed by atoms with E-state index in [0.29, 0.717) is 0 Å². The summed E-state index contributed by atoms with van der Waals surface area (Å²) in [5.41, 5.74) is 6.14. The van der Waals surface area contributed by atoms with Crippen LogP contribution in [0.2, 0.25) is 0 Å². The van der Waals surface area contributed by atoms with E-state index in [1.54, 1.807) is 13.8 Å². The van der Waals surface area contributed by atoms with Gasteiger partial charge in [-0.2, -0.15) is 5.06 Å². The van der Waals surface area contributed by atoms with Crippen LogP contribution in [0.4, 0.5) is 0 Å². The molecule has 4 N–H and O–H groups in total. The predicted octanol–water partition coefficient (Wildman–Crippen LogP) is 3.39. The predicted molar refractivity (Wildman–Crippen MR) is 119 cm³/mol. The van der Waals surface area contributed by atoms with Crippen LogP contribution in [-0.2, 0) is 14.3 Å². The fourth-order valence-electron chi connectivity index (χ4n) is 5.78. The molecular formula is C25H30N2O5. The Labute approximate surface area is 187 Å². The van der Waals surface area contributed by atoms with Gasteiger partial charge in [-0.15, -0.1) is 0 Å². The van der Waals surface area contributed by atoms with E-state index in [-0.39, 0.29) is 18.9 Å². The highest BCUT2D eigenvalue weighted by molar-refractivity contribution is 6.02.